The molecule has 0 atom stereocenters. The Morgan fingerprint density at radius 3 is 2.67 bits per heavy atom. The Bertz CT molecular complexity index is 473. The minimum absolute atomic E-state index is 0.195. The third-order valence-electron chi connectivity index (χ3n) is 3.41. The maximum absolute atomic E-state index is 12.1. The maximum Gasteiger partial charge on any atom is 0.411 e. The van der Waals surface area contributed by atoms with Gasteiger partial charge in [0.15, 0.2) is 0 Å². The molecule has 0 bridgehead atoms. The van der Waals surface area contributed by atoms with Gasteiger partial charge >= 0.3 is 6.18 Å². The van der Waals surface area contributed by atoms with Crippen LogP contribution in [0.1, 0.15) is 24.2 Å². The standard InChI is InChI=1S/C13H19F3N4O/c1-9-11(7-21-8-13(14,15)16)19-12(6-18-9)20-4-2-10(17)3-5-20/h6,10H,2-5,7-8,17H2,1H3. The van der Waals surface area contributed by atoms with E-state index in [4.69, 9.17) is 5.73 Å². The molecule has 0 radical (unpaired) electrons. The Hall–Kier alpha value is -1.41. The van der Waals surface area contributed by atoms with Crippen LogP contribution in [-0.2, 0) is 11.3 Å². The highest BCUT2D eigenvalue weighted by Gasteiger charge is 2.27. The summed E-state index contributed by atoms with van der Waals surface area (Å²) >= 11 is 0. The SMILES string of the molecule is Cc1ncc(N2CCC(N)CC2)nc1COCC(F)(F)F. The largest absolute Gasteiger partial charge is 0.411 e. The summed E-state index contributed by atoms with van der Waals surface area (Å²) < 4.78 is 40.9. The van der Waals surface area contributed by atoms with Crippen LogP contribution in [-0.4, -0.2) is 41.9 Å². The highest BCUT2D eigenvalue weighted by molar-refractivity contribution is 5.38. The first-order valence-electron chi connectivity index (χ1n) is 6.82. The van der Waals surface area contributed by atoms with E-state index in [1.165, 1.54) is 0 Å². The quantitative estimate of drug-likeness (QED) is 0.919. The molecule has 21 heavy (non-hydrogen) atoms. The first-order chi connectivity index (χ1) is 9.85. The number of piperidine rings is 1. The number of hydrogen-bond donors (Lipinski definition) is 1. The Morgan fingerprint density at radius 1 is 1.38 bits per heavy atom. The van der Waals surface area contributed by atoms with Crippen LogP contribution in [0.4, 0.5) is 19.0 Å². The normalized spacial score (nSPS) is 17.3. The molecule has 8 heteroatoms. The van der Waals surface area contributed by atoms with Crippen LogP contribution >= 0.6 is 0 Å². The maximum atomic E-state index is 12.1. The second-order valence-electron chi connectivity index (χ2n) is 5.19. The van der Waals surface area contributed by atoms with Crippen molar-refractivity contribution in [2.24, 2.45) is 5.73 Å². The lowest BCUT2D eigenvalue weighted by atomic mass is 10.1. The lowest BCUT2D eigenvalue weighted by Crippen LogP contribution is -2.40. The van der Waals surface area contributed by atoms with Crippen LogP contribution < -0.4 is 10.6 Å². The molecule has 2 heterocycles. The Labute approximate surface area is 121 Å². The van der Waals surface area contributed by atoms with Crippen molar-refractivity contribution in [1.82, 2.24) is 9.97 Å². The van der Waals surface area contributed by atoms with Gasteiger partial charge in [0.25, 0.3) is 0 Å². The second kappa shape index (κ2) is 6.57. The number of hydrogen-bond acceptors (Lipinski definition) is 5. The molecular formula is C13H19F3N4O. The van der Waals surface area contributed by atoms with Gasteiger partial charge in [0.05, 0.1) is 24.2 Å². The highest BCUT2D eigenvalue weighted by Crippen LogP contribution is 2.19. The van der Waals surface area contributed by atoms with Crippen molar-refractivity contribution in [3.63, 3.8) is 0 Å². The van der Waals surface area contributed by atoms with Crippen LogP contribution in [0.15, 0.2) is 6.20 Å². The number of nitrogens with two attached hydrogens (primary N) is 1. The first kappa shape index (κ1) is 16.0. The Kier molecular flexibility index (Phi) is 5.00. The van der Waals surface area contributed by atoms with Gasteiger partial charge in [0.1, 0.15) is 12.4 Å². The molecule has 0 aromatic carbocycles. The summed E-state index contributed by atoms with van der Waals surface area (Å²) in [5.41, 5.74) is 6.86. The van der Waals surface area contributed by atoms with Crippen LogP contribution in [0.25, 0.3) is 0 Å². The number of nitrogens with zero attached hydrogens (tertiary/aromatic N) is 3. The molecule has 1 saturated heterocycles. The van der Waals surface area contributed by atoms with E-state index in [2.05, 4.69) is 14.7 Å². The second-order valence-corrected chi connectivity index (χ2v) is 5.19. The summed E-state index contributed by atoms with van der Waals surface area (Å²) in [7, 11) is 0. The minimum atomic E-state index is -4.33. The van der Waals surface area contributed by atoms with Gasteiger partial charge in [-0.05, 0) is 19.8 Å². The summed E-state index contributed by atoms with van der Waals surface area (Å²) in [5.74, 6) is 0.665. The van der Waals surface area contributed by atoms with Crippen molar-refractivity contribution in [1.29, 1.82) is 0 Å². The fourth-order valence-electron chi connectivity index (χ4n) is 2.16. The fourth-order valence-corrected chi connectivity index (χ4v) is 2.16. The summed E-state index contributed by atoms with van der Waals surface area (Å²) in [6, 6.07) is 0.203. The molecule has 2 rings (SSSR count). The molecule has 1 aliphatic rings. The first-order valence-corrected chi connectivity index (χ1v) is 6.82. The summed E-state index contributed by atoms with van der Waals surface area (Å²) in [6.07, 6.45) is -0.952. The molecule has 0 unspecified atom stereocenters. The lowest BCUT2D eigenvalue weighted by molar-refractivity contribution is -0.176. The van der Waals surface area contributed by atoms with Crippen molar-refractivity contribution < 1.29 is 17.9 Å². The van der Waals surface area contributed by atoms with E-state index in [0.717, 1.165) is 25.9 Å². The summed E-state index contributed by atoms with van der Waals surface area (Å²) in [5, 5.41) is 0. The number of halogens is 3. The van der Waals surface area contributed by atoms with E-state index in [1.807, 2.05) is 4.90 Å². The Morgan fingerprint density at radius 2 is 2.05 bits per heavy atom. The molecule has 118 valence electrons. The van der Waals surface area contributed by atoms with Crippen molar-refractivity contribution >= 4 is 5.82 Å². The molecule has 0 spiro atoms. The molecule has 5 nitrogen and oxygen atoms in total. The average Bonchev–Trinajstić information content (AvgIpc) is 2.40. The number of anilines is 1. The van der Waals surface area contributed by atoms with Crippen LogP contribution in [0.5, 0.6) is 0 Å². The topological polar surface area (TPSA) is 64.3 Å². The average molecular weight is 304 g/mol. The molecule has 0 saturated carbocycles. The van der Waals surface area contributed by atoms with E-state index in [9.17, 15) is 13.2 Å². The van der Waals surface area contributed by atoms with Gasteiger partial charge in [0, 0.05) is 19.1 Å². The minimum Gasteiger partial charge on any atom is -0.366 e. The zero-order chi connectivity index (χ0) is 15.5. The molecule has 1 aliphatic heterocycles. The van der Waals surface area contributed by atoms with Gasteiger partial charge in [-0.1, -0.05) is 0 Å². The van der Waals surface area contributed by atoms with E-state index in [-0.39, 0.29) is 12.6 Å². The lowest BCUT2D eigenvalue weighted by Gasteiger charge is -2.31. The predicted octanol–water partition coefficient (Wildman–Crippen LogP) is 1.79. The molecule has 1 aromatic heterocycles. The van der Waals surface area contributed by atoms with E-state index in [0.29, 0.717) is 17.2 Å². The van der Waals surface area contributed by atoms with E-state index in [1.54, 1.807) is 13.1 Å². The molecule has 0 aliphatic carbocycles. The molecule has 2 N–H and O–H groups in total. The highest BCUT2D eigenvalue weighted by atomic mass is 19.4. The monoisotopic (exact) mass is 304 g/mol. The molecule has 1 aromatic rings. The van der Waals surface area contributed by atoms with Gasteiger partial charge in [-0.2, -0.15) is 13.2 Å². The number of alkyl halides is 3. The Balaban J connectivity index is 2.00. The number of rotatable bonds is 4. The summed E-state index contributed by atoms with van der Waals surface area (Å²) in [6.45, 7) is 1.79. The van der Waals surface area contributed by atoms with Gasteiger partial charge in [-0.3, -0.25) is 4.98 Å². The summed E-state index contributed by atoms with van der Waals surface area (Å²) in [4.78, 5) is 10.6. The van der Waals surface area contributed by atoms with Crippen molar-refractivity contribution in [2.45, 2.75) is 38.6 Å². The molecule has 1 fully saturated rings. The third-order valence-corrected chi connectivity index (χ3v) is 3.41. The van der Waals surface area contributed by atoms with Crippen molar-refractivity contribution in [3.8, 4) is 0 Å². The van der Waals surface area contributed by atoms with Crippen molar-refractivity contribution in [2.75, 3.05) is 24.6 Å². The van der Waals surface area contributed by atoms with Crippen molar-refractivity contribution in [3.05, 3.63) is 17.6 Å². The number of aromatic nitrogens is 2. The number of ether oxygens (including phenoxy) is 1. The predicted molar refractivity (Wildman–Crippen MR) is 71.9 cm³/mol. The van der Waals surface area contributed by atoms with E-state index < -0.39 is 12.8 Å². The molecular weight excluding hydrogens is 285 g/mol. The van der Waals surface area contributed by atoms with Crippen LogP contribution in [0.2, 0.25) is 0 Å². The van der Waals surface area contributed by atoms with Gasteiger partial charge in [0.2, 0.25) is 0 Å². The van der Waals surface area contributed by atoms with Gasteiger partial charge in [-0.15, -0.1) is 0 Å². The zero-order valence-electron chi connectivity index (χ0n) is 11.9. The zero-order valence-corrected chi connectivity index (χ0v) is 11.9. The fraction of sp³-hybridized carbons (Fsp3) is 0.692. The number of aryl methyl sites for hydroxylation is 1. The third kappa shape index (κ3) is 4.82. The van der Waals surface area contributed by atoms with Gasteiger partial charge in [-0.25, -0.2) is 4.98 Å². The molecule has 0 amide bonds. The van der Waals surface area contributed by atoms with Gasteiger partial charge < -0.3 is 15.4 Å². The smallest absolute Gasteiger partial charge is 0.366 e. The van der Waals surface area contributed by atoms with Crippen LogP contribution in [0.3, 0.4) is 0 Å². The van der Waals surface area contributed by atoms with E-state index >= 15 is 0 Å². The van der Waals surface area contributed by atoms with Crippen LogP contribution in [0, 0.1) is 6.92 Å².